The number of likely N-dealkylation sites (N-methyl/N-ethyl adjacent to an activating group) is 1. The van der Waals surface area contributed by atoms with E-state index in [2.05, 4.69) is 53.4 Å². The molecule has 2 aromatic heterocycles. The lowest BCUT2D eigenvalue weighted by Crippen LogP contribution is -2.48. The monoisotopic (exact) mass is 657 g/mol. The molecule has 258 valence electrons. The van der Waals surface area contributed by atoms with Gasteiger partial charge in [0.15, 0.2) is 5.89 Å². The molecule has 0 radical (unpaired) electrons. The van der Waals surface area contributed by atoms with Crippen molar-refractivity contribution >= 4 is 12.0 Å². The van der Waals surface area contributed by atoms with Gasteiger partial charge in [0.25, 0.3) is 0 Å². The molecule has 0 bridgehead atoms. The molecule has 3 fully saturated rings. The molecule has 2 amide bonds. The Hall–Kier alpha value is -3.92. The summed E-state index contributed by atoms with van der Waals surface area (Å²) >= 11 is 0. The summed E-state index contributed by atoms with van der Waals surface area (Å²) in [6.07, 6.45) is 10.8. The molecule has 3 heterocycles. The molecule has 1 saturated heterocycles. The van der Waals surface area contributed by atoms with Gasteiger partial charge in [-0.05, 0) is 106 Å². The van der Waals surface area contributed by atoms with Gasteiger partial charge in [-0.1, -0.05) is 19.1 Å². The normalized spacial score (nSPS) is 24.1. The Morgan fingerprint density at radius 2 is 1.75 bits per heavy atom. The van der Waals surface area contributed by atoms with Crippen molar-refractivity contribution in [3.05, 3.63) is 65.5 Å². The summed E-state index contributed by atoms with van der Waals surface area (Å²) in [6.45, 7) is 7.24. The fourth-order valence-corrected chi connectivity index (χ4v) is 7.68. The number of hydrogen-bond donors (Lipinski definition) is 1. The maximum atomic E-state index is 13.9. The highest BCUT2D eigenvalue weighted by atomic mass is 16.6. The van der Waals surface area contributed by atoms with Crippen LogP contribution in [0.4, 0.5) is 4.79 Å². The predicted octanol–water partition coefficient (Wildman–Crippen LogP) is 6.69. The number of carbonyl (C=O) groups excluding carboxylic acids is 2. The Balaban J connectivity index is 1.12. The first-order valence-electron chi connectivity index (χ1n) is 17.8. The van der Waals surface area contributed by atoms with Crippen LogP contribution in [0.3, 0.4) is 0 Å². The SMILES string of the molecule is CCc1nc(-c2ccnc(C(NC(=O)C3CCC(OC(=O)N4CCN(C)CC4)CC3)C3CCC(c4ccc(OC)c(C)c4)CC3)c2)co1. The van der Waals surface area contributed by atoms with Gasteiger partial charge in [0.05, 0.1) is 18.8 Å². The van der Waals surface area contributed by atoms with E-state index in [1.807, 2.05) is 19.2 Å². The van der Waals surface area contributed by atoms with Gasteiger partial charge in [0.2, 0.25) is 5.91 Å². The zero-order valence-corrected chi connectivity index (χ0v) is 29.0. The van der Waals surface area contributed by atoms with E-state index in [0.29, 0.717) is 50.6 Å². The minimum absolute atomic E-state index is 0.0682. The van der Waals surface area contributed by atoms with Crippen molar-refractivity contribution in [1.29, 1.82) is 0 Å². The van der Waals surface area contributed by atoms with Crippen LogP contribution in [0.5, 0.6) is 5.75 Å². The van der Waals surface area contributed by atoms with Crippen molar-refractivity contribution in [3.8, 4) is 17.0 Å². The lowest BCUT2D eigenvalue weighted by Gasteiger charge is -2.36. The summed E-state index contributed by atoms with van der Waals surface area (Å²) in [5.41, 5.74) is 5.10. The second-order valence-electron chi connectivity index (χ2n) is 13.9. The van der Waals surface area contributed by atoms with E-state index in [0.717, 1.165) is 73.5 Å². The number of rotatable bonds is 9. The molecule has 0 spiro atoms. The quantitative estimate of drug-likeness (QED) is 0.271. The summed E-state index contributed by atoms with van der Waals surface area (Å²) in [6, 6.07) is 10.3. The van der Waals surface area contributed by atoms with Crippen LogP contribution < -0.4 is 10.1 Å². The minimum atomic E-state index is -0.222. The molecule has 1 unspecified atom stereocenters. The molecule has 6 rings (SSSR count). The lowest BCUT2D eigenvalue weighted by atomic mass is 9.74. The average molecular weight is 658 g/mol. The van der Waals surface area contributed by atoms with Crippen molar-refractivity contribution in [3.63, 3.8) is 0 Å². The summed E-state index contributed by atoms with van der Waals surface area (Å²) in [5.74, 6) is 2.31. The number of piperazine rings is 1. The first-order valence-corrected chi connectivity index (χ1v) is 17.8. The summed E-state index contributed by atoms with van der Waals surface area (Å²) < 4.78 is 17.0. The number of aryl methyl sites for hydroxylation is 2. The lowest BCUT2D eigenvalue weighted by molar-refractivity contribution is -0.128. The van der Waals surface area contributed by atoms with E-state index in [9.17, 15) is 9.59 Å². The first-order chi connectivity index (χ1) is 23.3. The number of nitrogens with one attached hydrogen (secondary N) is 1. The maximum Gasteiger partial charge on any atom is 0.410 e. The highest BCUT2D eigenvalue weighted by Gasteiger charge is 2.35. The van der Waals surface area contributed by atoms with Crippen molar-refractivity contribution in [2.24, 2.45) is 11.8 Å². The van der Waals surface area contributed by atoms with Gasteiger partial charge in [-0.15, -0.1) is 0 Å². The van der Waals surface area contributed by atoms with E-state index in [4.69, 9.17) is 18.9 Å². The number of nitrogens with zero attached hydrogens (tertiary/aromatic N) is 4. The standard InChI is InChI=1S/C38H51N5O5/c1-5-35-40-33(24-47-35)30-16-17-39-32(23-30)36(27-8-6-26(7-9-27)29-12-15-34(46-4)25(2)22-29)41-37(44)28-10-13-31(14-11-28)48-38(45)43-20-18-42(3)19-21-43/h12,15-17,22-24,26-28,31,36H,5-11,13-14,18-21H2,1-4H3,(H,41,44). The number of ether oxygens (including phenoxy) is 2. The molecule has 1 N–H and O–H groups in total. The van der Waals surface area contributed by atoms with Crippen LogP contribution in [0, 0.1) is 18.8 Å². The number of carbonyl (C=O) groups is 2. The number of benzene rings is 1. The van der Waals surface area contributed by atoms with Crippen LogP contribution in [-0.4, -0.2) is 78.2 Å². The molecule has 10 heteroatoms. The largest absolute Gasteiger partial charge is 0.496 e. The van der Waals surface area contributed by atoms with Crippen LogP contribution in [-0.2, 0) is 16.0 Å². The summed E-state index contributed by atoms with van der Waals surface area (Å²) in [5, 5.41) is 3.48. The van der Waals surface area contributed by atoms with Gasteiger partial charge in [-0.3, -0.25) is 9.78 Å². The number of hydrogen-bond acceptors (Lipinski definition) is 8. The highest BCUT2D eigenvalue weighted by Crippen LogP contribution is 2.42. The molecule has 1 aliphatic heterocycles. The van der Waals surface area contributed by atoms with E-state index in [1.165, 1.54) is 5.56 Å². The second kappa shape index (κ2) is 15.5. The molecule has 48 heavy (non-hydrogen) atoms. The van der Waals surface area contributed by atoms with E-state index >= 15 is 0 Å². The number of aromatic nitrogens is 2. The van der Waals surface area contributed by atoms with Gasteiger partial charge in [0, 0.05) is 50.3 Å². The number of amides is 2. The van der Waals surface area contributed by atoms with Crippen LogP contribution in [0.1, 0.15) is 93.0 Å². The van der Waals surface area contributed by atoms with Gasteiger partial charge >= 0.3 is 6.09 Å². The predicted molar refractivity (Wildman–Crippen MR) is 184 cm³/mol. The molecule has 2 saturated carbocycles. The van der Waals surface area contributed by atoms with E-state index in [-0.39, 0.29) is 36.0 Å². The van der Waals surface area contributed by atoms with Crippen LogP contribution >= 0.6 is 0 Å². The van der Waals surface area contributed by atoms with Crippen molar-refractivity contribution in [1.82, 2.24) is 25.1 Å². The first kappa shape index (κ1) is 34.0. The molecule has 10 nitrogen and oxygen atoms in total. The topological polar surface area (TPSA) is 110 Å². The third-order valence-electron chi connectivity index (χ3n) is 10.8. The highest BCUT2D eigenvalue weighted by molar-refractivity contribution is 5.79. The number of oxazole rings is 1. The van der Waals surface area contributed by atoms with Gasteiger partial charge in [-0.2, -0.15) is 0 Å². The molecule has 3 aromatic rings. The van der Waals surface area contributed by atoms with Crippen LogP contribution in [0.25, 0.3) is 11.3 Å². The Bertz CT molecular complexity index is 1530. The van der Waals surface area contributed by atoms with Crippen molar-refractivity contribution in [2.75, 3.05) is 40.3 Å². The maximum absolute atomic E-state index is 13.9. The van der Waals surface area contributed by atoms with Crippen molar-refractivity contribution in [2.45, 2.75) is 89.7 Å². The van der Waals surface area contributed by atoms with Gasteiger partial charge < -0.3 is 29.0 Å². The molecule has 2 aliphatic carbocycles. The Morgan fingerprint density at radius 3 is 2.42 bits per heavy atom. The third-order valence-corrected chi connectivity index (χ3v) is 10.8. The minimum Gasteiger partial charge on any atom is -0.496 e. The Kier molecular flexibility index (Phi) is 11.0. The fraction of sp³-hybridized carbons (Fsp3) is 0.579. The Labute approximate surface area is 284 Å². The zero-order valence-electron chi connectivity index (χ0n) is 29.0. The zero-order chi connectivity index (χ0) is 33.6. The van der Waals surface area contributed by atoms with E-state index in [1.54, 1.807) is 18.3 Å². The molecule has 1 atom stereocenters. The fourth-order valence-electron chi connectivity index (χ4n) is 7.68. The molecular weight excluding hydrogens is 606 g/mol. The summed E-state index contributed by atoms with van der Waals surface area (Å²) in [4.78, 5) is 40.1. The summed E-state index contributed by atoms with van der Waals surface area (Å²) in [7, 11) is 3.78. The molecule has 3 aliphatic rings. The average Bonchev–Trinajstić information content (AvgIpc) is 3.61. The van der Waals surface area contributed by atoms with Gasteiger partial charge in [0.1, 0.15) is 23.8 Å². The smallest absolute Gasteiger partial charge is 0.410 e. The van der Waals surface area contributed by atoms with Crippen LogP contribution in [0.15, 0.2) is 47.2 Å². The van der Waals surface area contributed by atoms with Gasteiger partial charge in [-0.25, -0.2) is 9.78 Å². The third kappa shape index (κ3) is 8.02. The second-order valence-corrected chi connectivity index (χ2v) is 13.9. The Morgan fingerprint density at radius 1 is 1.00 bits per heavy atom. The van der Waals surface area contributed by atoms with E-state index < -0.39 is 0 Å². The van der Waals surface area contributed by atoms with Crippen molar-refractivity contribution < 1.29 is 23.5 Å². The number of pyridine rings is 1. The molecule has 1 aromatic carbocycles. The van der Waals surface area contributed by atoms with Crippen LogP contribution in [0.2, 0.25) is 0 Å². The number of methoxy groups -OCH3 is 1. The molecular formula is C38H51N5O5.